The van der Waals surface area contributed by atoms with Crippen molar-refractivity contribution in [2.24, 2.45) is 5.92 Å². The number of carbonyl (C=O) groups is 2. The number of rotatable bonds is 9. The molecule has 1 heterocycles. The molecule has 1 aromatic carbocycles. The smallest absolute Gasteiger partial charge is 0.321 e. The zero-order valence-corrected chi connectivity index (χ0v) is 18.5. The number of nitrogens with zero attached hydrogens (tertiary/aromatic N) is 1. The quantitative estimate of drug-likeness (QED) is 0.236. The van der Waals surface area contributed by atoms with Crippen LogP contribution in [0.25, 0.3) is 0 Å². The Hall–Kier alpha value is -2.95. The second kappa shape index (κ2) is 9.90. The third kappa shape index (κ3) is 5.04. The monoisotopic (exact) mass is 455 g/mol. The van der Waals surface area contributed by atoms with Gasteiger partial charge in [0.15, 0.2) is 15.8 Å². The first-order chi connectivity index (χ1) is 14.6. The molecule has 1 aliphatic rings. The molecule has 31 heavy (non-hydrogen) atoms. The maximum atomic E-state index is 13.0. The van der Waals surface area contributed by atoms with E-state index >= 15 is 0 Å². The van der Waals surface area contributed by atoms with Crippen molar-refractivity contribution in [3.63, 3.8) is 0 Å². The average molecular weight is 455 g/mol. The summed E-state index contributed by atoms with van der Waals surface area (Å²) in [5, 5.41) is 11.4. The maximum absolute atomic E-state index is 13.0. The van der Waals surface area contributed by atoms with E-state index in [1.807, 2.05) is 0 Å². The molecule has 0 amide bonds. The van der Waals surface area contributed by atoms with Crippen LogP contribution in [0.2, 0.25) is 0 Å². The molecule has 170 valence electrons. The van der Waals surface area contributed by atoms with Gasteiger partial charge >= 0.3 is 11.9 Å². The molecule has 2 atom stereocenters. The summed E-state index contributed by atoms with van der Waals surface area (Å²) >= 11 is 0. The molecule has 0 aromatic heterocycles. The first-order valence-corrected chi connectivity index (χ1v) is 11.3. The Kier molecular flexibility index (Phi) is 7.77. The highest BCUT2D eigenvalue weighted by Gasteiger charge is 2.51. The normalized spacial score (nSPS) is 18.5. The van der Waals surface area contributed by atoms with Gasteiger partial charge in [0.1, 0.15) is 11.5 Å². The van der Waals surface area contributed by atoms with Gasteiger partial charge in [-0.3, -0.25) is 19.7 Å². The summed E-state index contributed by atoms with van der Waals surface area (Å²) in [4.78, 5) is 36.0. The molecular formula is C20H25NO9S. The van der Waals surface area contributed by atoms with Crippen LogP contribution in [0.3, 0.4) is 0 Å². The van der Waals surface area contributed by atoms with Gasteiger partial charge in [0.25, 0.3) is 0 Å². The highest BCUT2D eigenvalue weighted by Crippen LogP contribution is 2.43. The largest absolute Gasteiger partial charge is 0.497 e. The van der Waals surface area contributed by atoms with Crippen LogP contribution >= 0.6 is 0 Å². The van der Waals surface area contributed by atoms with E-state index in [1.54, 1.807) is 13.8 Å². The van der Waals surface area contributed by atoms with Gasteiger partial charge < -0.3 is 14.2 Å². The topological polar surface area (TPSA) is 139 Å². The standard InChI is InChI=1S/C20H25NO9S/c1-5-29-19(22)17(20(23)30-6-2)16(13-7-9-14(28-4)10-8-13)18-12(3)15(21(24)25)11-31(18,26)27/h7-10,15-17H,5-6,11H2,1-4H3/t15-,16-/m0/s1. The van der Waals surface area contributed by atoms with Crippen LogP contribution in [-0.2, 0) is 28.9 Å². The van der Waals surface area contributed by atoms with Crippen LogP contribution in [0, 0.1) is 16.0 Å². The summed E-state index contributed by atoms with van der Waals surface area (Å²) < 4.78 is 41.2. The van der Waals surface area contributed by atoms with Crippen molar-refractivity contribution in [2.45, 2.75) is 32.7 Å². The zero-order valence-electron chi connectivity index (χ0n) is 17.7. The highest BCUT2D eigenvalue weighted by molar-refractivity contribution is 7.95. The lowest BCUT2D eigenvalue weighted by molar-refractivity contribution is -0.505. The van der Waals surface area contributed by atoms with Crippen molar-refractivity contribution in [3.05, 3.63) is 50.4 Å². The van der Waals surface area contributed by atoms with Crippen molar-refractivity contribution in [1.29, 1.82) is 0 Å². The Morgan fingerprint density at radius 1 is 1.13 bits per heavy atom. The maximum Gasteiger partial charge on any atom is 0.321 e. The molecule has 1 aromatic rings. The number of allylic oxidation sites excluding steroid dienone is 1. The second-order valence-corrected chi connectivity index (χ2v) is 8.87. The van der Waals surface area contributed by atoms with Crippen LogP contribution < -0.4 is 4.74 Å². The number of sulfone groups is 1. The lowest BCUT2D eigenvalue weighted by atomic mass is 9.83. The molecule has 11 heteroatoms. The van der Waals surface area contributed by atoms with Crippen LogP contribution in [0.4, 0.5) is 0 Å². The summed E-state index contributed by atoms with van der Waals surface area (Å²) in [6.45, 7) is 4.32. The predicted octanol–water partition coefficient (Wildman–Crippen LogP) is 1.87. The minimum atomic E-state index is -4.14. The Morgan fingerprint density at radius 3 is 2.03 bits per heavy atom. The summed E-state index contributed by atoms with van der Waals surface area (Å²) in [7, 11) is -2.70. The minimum absolute atomic E-state index is 0.0237. The molecule has 0 saturated carbocycles. The van der Waals surface area contributed by atoms with Crippen LogP contribution in [-0.4, -0.2) is 57.4 Å². The zero-order chi connectivity index (χ0) is 23.3. The second-order valence-electron chi connectivity index (χ2n) is 6.86. The van der Waals surface area contributed by atoms with Crippen LogP contribution in [0.1, 0.15) is 32.3 Å². The third-order valence-corrected chi connectivity index (χ3v) is 7.03. The number of nitro groups is 1. The Labute approximate surface area is 180 Å². The van der Waals surface area contributed by atoms with Crippen LogP contribution in [0.15, 0.2) is 34.7 Å². The summed E-state index contributed by atoms with van der Waals surface area (Å²) in [5.74, 6) is -5.22. The molecule has 0 unspecified atom stereocenters. The van der Waals surface area contributed by atoms with E-state index in [0.717, 1.165) is 0 Å². The fourth-order valence-electron chi connectivity index (χ4n) is 3.63. The van der Waals surface area contributed by atoms with Gasteiger partial charge in [0.05, 0.1) is 25.2 Å². The van der Waals surface area contributed by atoms with E-state index in [-0.39, 0.29) is 29.3 Å². The van der Waals surface area contributed by atoms with E-state index in [4.69, 9.17) is 14.2 Å². The fourth-order valence-corrected chi connectivity index (χ4v) is 5.88. The number of hydrogen-bond acceptors (Lipinski definition) is 9. The first-order valence-electron chi connectivity index (χ1n) is 9.63. The minimum Gasteiger partial charge on any atom is -0.497 e. The molecule has 0 fully saturated rings. The van der Waals surface area contributed by atoms with Gasteiger partial charge in [0, 0.05) is 16.4 Å². The molecule has 0 spiro atoms. The van der Waals surface area contributed by atoms with Gasteiger partial charge in [-0.2, -0.15) is 0 Å². The third-order valence-electron chi connectivity index (χ3n) is 5.03. The van der Waals surface area contributed by atoms with Gasteiger partial charge in [-0.1, -0.05) is 12.1 Å². The highest BCUT2D eigenvalue weighted by atomic mass is 32.2. The Bertz CT molecular complexity index is 964. The van der Waals surface area contributed by atoms with Gasteiger partial charge in [-0.25, -0.2) is 8.42 Å². The van der Waals surface area contributed by atoms with Crippen LogP contribution in [0.5, 0.6) is 5.75 Å². The fraction of sp³-hybridized carbons (Fsp3) is 0.500. The van der Waals surface area contributed by atoms with E-state index in [9.17, 15) is 28.1 Å². The Balaban J connectivity index is 2.79. The summed E-state index contributed by atoms with van der Waals surface area (Å²) in [5.41, 5.74) is 0.262. The number of esters is 2. The molecular weight excluding hydrogens is 430 g/mol. The van der Waals surface area contributed by atoms with E-state index in [0.29, 0.717) is 5.75 Å². The van der Waals surface area contributed by atoms with Crippen molar-refractivity contribution in [1.82, 2.24) is 0 Å². The number of hydrogen-bond donors (Lipinski definition) is 0. The number of ether oxygens (including phenoxy) is 3. The Morgan fingerprint density at radius 2 is 1.65 bits per heavy atom. The molecule has 2 rings (SSSR count). The lowest BCUT2D eigenvalue weighted by Gasteiger charge is -2.26. The summed E-state index contributed by atoms with van der Waals surface area (Å²) in [6, 6.07) is 4.62. The van der Waals surface area contributed by atoms with E-state index in [2.05, 4.69) is 0 Å². The summed E-state index contributed by atoms with van der Waals surface area (Å²) in [6.07, 6.45) is 0. The first kappa shape index (κ1) is 24.3. The molecule has 10 nitrogen and oxygen atoms in total. The van der Waals surface area contributed by atoms with Crippen molar-refractivity contribution in [2.75, 3.05) is 26.1 Å². The molecule has 0 N–H and O–H groups in total. The molecule has 0 radical (unpaired) electrons. The number of benzene rings is 1. The lowest BCUT2D eigenvalue weighted by Crippen LogP contribution is -2.35. The molecule has 0 bridgehead atoms. The van der Waals surface area contributed by atoms with Crippen molar-refractivity contribution >= 4 is 21.8 Å². The SMILES string of the molecule is CCOC(=O)C(C(=O)OCC)[C@@H](C1=C(C)[C@@H]([N+](=O)[O-])CS1(=O)=O)c1ccc(OC)cc1. The molecule has 1 aliphatic heterocycles. The molecule has 0 aliphatic carbocycles. The molecule has 0 saturated heterocycles. The predicted molar refractivity (Wildman–Crippen MR) is 110 cm³/mol. The van der Waals surface area contributed by atoms with Gasteiger partial charge in [-0.15, -0.1) is 0 Å². The van der Waals surface area contributed by atoms with Crippen molar-refractivity contribution in [3.8, 4) is 5.75 Å². The van der Waals surface area contributed by atoms with Gasteiger partial charge in [-0.05, 0) is 38.5 Å². The average Bonchev–Trinajstić information content (AvgIpc) is 2.95. The van der Waals surface area contributed by atoms with Gasteiger partial charge in [0.2, 0.25) is 6.04 Å². The van der Waals surface area contributed by atoms with E-state index < -0.39 is 50.3 Å². The number of methoxy groups -OCH3 is 1. The number of carbonyl (C=O) groups excluding carboxylic acids is 2. The van der Waals surface area contributed by atoms with Crippen molar-refractivity contribution < 1.29 is 37.1 Å². The van der Waals surface area contributed by atoms with E-state index in [1.165, 1.54) is 38.3 Å².